The number of aromatic nitrogens is 2. The molecule has 2 heterocycles. The van der Waals surface area contributed by atoms with Gasteiger partial charge in [-0.3, -0.25) is 4.98 Å². The molecule has 0 bridgehead atoms. The topological polar surface area (TPSA) is 61.6 Å². The number of nitrogens with zero attached hydrogens (tertiary/aromatic N) is 3. The fourth-order valence-corrected chi connectivity index (χ4v) is 2.72. The van der Waals surface area contributed by atoms with Gasteiger partial charge in [0, 0.05) is 11.9 Å². The number of hydrogen-bond acceptors (Lipinski definition) is 4. The lowest BCUT2D eigenvalue weighted by Crippen LogP contribution is -2.11. The van der Waals surface area contributed by atoms with E-state index in [1.54, 1.807) is 6.20 Å². The van der Waals surface area contributed by atoms with Gasteiger partial charge < -0.3 is 5.32 Å². The minimum atomic E-state index is 0.590. The quantitative estimate of drug-likeness (QED) is 0.937. The molecule has 0 atom stereocenters. The molecule has 21 heavy (non-hydrogen) atoms. The van der Waals surface area contributed by atoms with E-state index in [2.05, 4.69) is 21.4 Å². The van der Waals surface area contributed by atoms with E-state index < -0.39 is 0 Å². The normalized spacial score (nSPS) is 13.3. The standard InChI is InChI=1S/C17H18N4/c1-12-5-4-8-19-16(12)11-20-17-14(10-18)9-13-6-2-3-7-15(13)21-17/h4-5,8-9H,2-3,6-7,11H2,1H3,(H,20,21). The van der Waals surface area contributed by atoms with Crippen molar-refractivity contribution in [3.8, 4) is 6.07 Å². The Morgan fingerprint density at radius 1 is 1.33 bits per heavy atom. The van der Waals surface area contributed by atoms with Crippen LogP contribution in [-0.4, -0.2) is 9.97 Å². The van der Waals surface area contributed by atoms with Crippen LogP contribution in [0.15, 0.2) is 24.4 Å². The first-order valence-electron chi connectivity index (χ1n) is 7.35. The summed E-state index contributed by atoms with van der Waals surface area (Å²) in [6.07, 6.45) is 6.22. The van der Waals surface area contributed by atoms with Gasteiger partial charge in [-0.25, -0.2) is 4.98 Å². The van der Waals surface area contributed by atoms with Crippen LogP contribution in [0.1, 0.15) is 40.9 Å². The van der Waals surface area contributed by atoms with E-state index in [4.69, 9.17) is 0 Å². The molecule has 0 saturated heterocycles. The summed E-state index contributed by atoms with van der Waals surface area (Å²) >= 11 is 0. The third-order valence-electron chi connectivity index (χ3n) is 3.96. The highest BCUT2D eigenvalue weighted by atomic mass is 15.0. The van der Waals surface area contributed by atoms with Crippen molar-refractivity contribution in [2.24, 2.45) is 0 Å². The Labute approximate surface area is 124 Å². The van der Waals surface area contributed by atoms with E-state index in [9.17, 15) is 5.26 Å². The van der Waals surface area contributed by atoms with Crippen LogP contribution >= 0.6 is 0 Å². The number of rotatable bonds is 3. The number of fused-ring (bicyclic) bond motifs is 1. The van der Waals surface area contributed by atoms with Crippen LogP contribution < -0.4 is 5.32 Å². The number of hydrogen-bond donors (Lipinski definition) is 1. The van der Waals surface area contributed by atoms with E-state index in [-0.39, 0.29) is 0 Å². The predicted molar refractivity (Wildman–Crippen MR) is 81.9 cm³/mol. The predicted octanol–water partition coefficient (Wildman–Crippen LogP) is 3.15. The first-order chi connectivity index (χ1) is 10.3. The molecule has 2 aromatic rings. The molecule has 3 rings (SSSR count). The molecular weight excluding hydrogens is 260 g/mol. The van der Waals surface area contributed by atoms with Crippen molar-refractivity contribution >= 4 is 5.82 Å². The maximum Gasteiger partial charge on any atom is 0.144 e. The Morgan fingerprint density at radius 2 is 2.19 bits per heavy atom. The zero-order valence-electron chi connectivity index (χ0n) is 12.2. The zero-order valence-corrected chi connectivity index (χ0v) is 12.2. The van der Waals surface area contributed by atoms with Crippen molar-refractivity contribution in [3.63, 3.8) is 0 Å². The maximum absolute atomic E-state index is 9.33. The molecular formula is C17H18N4. The van der Waals surface area contributed by atoms with Crippen LogP contribution in [0.3, 0.4) is 0 Å². The van der Waals surface area contributed by atoms with Crippen molar-refractivity contribution in [1.82, 2.24) is 9.97 Å². The Morgan fingerprint density at radius 3 is 3.00 bits per heavy atom. The van der Waals surface area contributed by atoms with Crippen LogP contribution in [0.5, 0.6) is 0 Å². The highest BCUT2D eigenvalue weighted by Crippen LogP contribution is 2.24. The zero-order chi connectivity index (χ0) is 14.7. The Bertz CT molecular complexity index is 700. The largest absolute Gasteiger partial charge is 0.363 e. The summed E-state index contributed by atoms with van der Waals surface area (Å²) in [5.41, 5.74) is 5.13. The van der Waals surface area contributed by atoms with Crippen molar-refractivity contribution in [2.45, 2.75) is 39.2 Å². The van der Waals surface area contributed by atoms with Gasteiger partial charge in [-0.2, -0.15) is 5.26 Å². The van der Waals surface area contributed by atoms with Crippen LogP contribution in [0.4, 0.5) is 5.82 Å². The van der Waals surface area contributed by atoms with Crippen molar-refractivity contribution in [3.05, 3.63) is 52.5 Å². The molecule has 0 fully saturated rings. The monoisotopic (exact) mass is 278 g/mol. The highest BCUT2D eigenvalue weighted by Gasteiger charge is 2.15. The molecule has 0 unspecified atom stereocenters. The van der Waals surface area contributed by atoms with Crippen molar-refractivity contribution < 1.29 is 0 Å². The number of anilines is 1. The first kappa shape index (κ1) is 13.6. The van der Waals surface area contributed by atoms with Gasteiger partial charge in [0.1, 0.15) is 11.9 Å². The van der Waals surface area contributed by atoms with E-state index >= 15 is 0 Å². The minimum Gasteiger partial charge on any atom is -0.363 e. The third-order valence-corrected chi connectivity index (χ3v) is 3.96. The van der Waals surface area contributed by atoms with E-state index in [1.807, 2.05) is 25.1 Å². The molecule has 1 N–H and O–H groups in total. The number of nitriles is 1. The molecule has 0 amide bonds. The molecule has 1 aliphatic rings. The SMILES string of the molecule is Cc1cccnc1CNc1nc2c(cc1C#N)CCCC2. The van der Waals surface area contributed by atoms with Crippen molar-refractivity contribution in [2.75, 3.05) is 5.32 Å². The number of nitrogens with one attached hydrogen (secondary N) is 1. The lowest BCUT2D eigenvalue weighted by Gasteiger charge is -2.17. The number of pyridine rings is 2. The lowest BCUT2D eigenvalue weighted by atomic mass is 9.95. The maximum atomic E-state index is 9.33. The highest BCUT2D eigenvalue weighted by molar-refractivity contribution is 5.54. The van der Waals surface area contributed by atoms with Gasteiger partial charge in [0.15, 0.2) is 0 Å². The summed E-state index contributed by atoms with van der Waals surface area (Å²) in [6.45, 7) is 2.63. The first-order valence-corrected chi connectivity index (χ1v) is 7.35. The van der Waals surface area contributed by atoms with Gasteiger partial charge in [0.2, 0.25) is 0 Å². The van der Waals surface area contributed by atoms with Crippen LogP contribution in [0, 0.1) is 18.3 Å². The van der Waals surface area contributed by atoms with Crippen LogP contribution in [0.25, 0.3) is 0 Å². The van der Waals surface area contributed by atoms with Crippen LogP contribution in [0.2, 0.25) is 0 Å². The second-order valence-corrected chi connectivity index (χ2v) is 5.43. The smallest absolute Gasteiger partial charge is 0.144 e. The van der Waals surface area contributed by atoms with Gasteiger partial charge in [0.25, 0.3) is 0 Å². The molecule has 1 aliphatic carbocycles. The molecule has 4 heteroatoms. The van der Waals surface area contributed by atoms with E-state index in [0.717, 1.165) is 29.8 Å². The van der Waals surface area contributed by atoms with E-state index in [0.29, 0.717) is 17.9 Å². The Balaban J connectivity index is 1.85. The molecule has 4 nitrogen and oxygen atoms in total. The summed E-state index contributed by atoms with van der Waals surface area (Å²) in [7, 11) is 0. The molecule has 0 spiro atoms. The molecule has 2 aromatic heterocycles. The number of aryl methyl sites for hydroxylation is 3. The fourth-order valence-electron chi connectivity index (χ4n) is 2.72. The van der Waals surface area contributed by atoms with Gasteiger partial charge in [-0.15, -0.1) is 0 Å². The summed E-state index contributed by atoms with van der Waals surface area (Å²) in [4.78, 5) is 9.03. The van der Waals surface area contributed by atoms with Gasteiger partial charge in [0.05, 0.1) is 17.8 Å². The van der Waals surface area contributed by atoms with Gasteiger partial charge in [-0.05, 0) is 55.9 Å². The van der Waals surface area contributed by atoms with Gasteiger partial charge in [-0.1, -0.05) is 6.07 Å². The molecule has 0 radical (unpaired) electrons. The second kappa shape index (κ2) is 5.92. The third kappa shape index (κ3) is 2.87. The summed E-state index contributed by atoms with van der Waals surface area (Å²) in [5.74, 6) is 0.684. The van der Waals surface area contributed by atoms with E-state index in [1.165, 1.54) is 18.4 Å². The molecule has 106 valence electrons. The van der Waals surface area contributed by atoms with Crippen LogP contribution in [-0.2, 0) is 19.4 Å². The van der Waals surface area contributed by atoms with Crippen molar-refractivity contribution in [1.29, 1.82) is 5.26 Å². The second-order valence-electron chi connectivity index (χ2n) is 5.43. The summed E-state index contributed by atoms with van der Waals surface area (Å²) in [5, 5.41) is 12.6. The fraction of sp³-hybridized carbons (Fsp3) is 0.353. The summed E-state index contributed by atoms with van der Waals surface area (Å²) in [6, 6.07) is 8.21. The average Bonchev–Trinajstić information content (AvgIpc) is 2.53. The van der Waals surface area contributed by atoms with Gasteiger partial charge >= 0.3 is 0 Å². The average molecular weight is 278 g/mol. The Kier molecular flexibility index (Phi) is 3.83. The Hall–Kier alpha value is -2.41. The molecule has 0 saturated carbocycles. The molecule has 0 aromatic carbocycles. The lowest BCUT2D eigenvalue weighted by molar-refractivity contribution is 0.668. The summed E-state index contributed by atoms with van der Waals surface area (Å²) < 4.78 is 0. The molecule has 0 aliphatic heterocycles. The minimum absolute atomic E-state index is 0.590.